The monoisotopic (exact) mass is 552 g/mol. The van der Waals surface area contributed by atoms with Crippen molar-refractivity contribution in [3.8, 4) is 11.5 Å². The van der Waals surface area contributed by atoms with E-state index in [0.29, 0.717) is 39.5 Å². The summed E-state index contributed by atoms with van der Waals surface area (Å²) in [5.41, 5.74) is 1.73. The number of aryl methyl sites for hydroxylation is 1. The molecule has 0 aliphatic carbocycles. The van der Waals surface area contributed by atoms with E-state index in [1.807, 2.05) is 6.92 Å². The number of para-hydroxylation sites is 1. The summed E-state index contributed by atoms with van der Waals surface area (Å²) in [4.78, 5) is 22.7. The number of carbonyl (C=O) groups excluding carboxylic acids is 1. The second-order valence-electron chi connectivity index (χ2n) is 8.00. The summed E-state index contributed by atoms with van der Waals surface area (Å²) in [6.07, 6.45) is 0. The zero-order valence-electron chi connectivity index (χ0n) is 17.5. The van der Waals surface area contributed by atoms with Crippen LogP contribution in [0.4, 0.5) is 20.3 Å². The minimum atomic E-state index is -3.02. The van der Waals surface area contributed by atoms with Crippen molar-refractivity contribution in [1.29, 1.82) is 0 Å². The number of nitrogens with zero attached hydrogens (tertiary/aromatic N) is 3. The molecule has 1 unspecified atom stereocenters. The molecule has 3 heterocycles. The third-order valence-electron chi connectivity index (χ3n) is 5.64. The maximum Gasteiger partial charge on any atom is 0.310 e. The first-order chi connectivity index (χ1) is 15.1. The SMILES string of the molecule is Cc1nc(NC(C)(I)c2cccc3c2OCC3(F)F)c2cc3c(cc2n1)OCC(=O)N3C. The van der Waals surface area contributed by atoms with Gasteiger partial charge in [0.1, 0.15) is 26.7 Å². The molecule has 1 aromatic heterocycles. The molecular formula is C22H19F2IN4O3. The van der Waals surface area contributed by atoms with Gasteiger partial charge in [0.05, 0.1) is 16.8 Å². The molecule has 0 fully saturated rings. The number of benzene rings is 2. The molecule has 0 saturated heterocycles. The number of likely N-dealkylation sites (N-methyl/N-ethyl adjacent to an activating group) is 1. The van der Waals surface area contributed by atoms with E-state index in [4.69, 9.17) is 9.47 Å². The summed E-state index contributed by atoms with van der Waals surface area (Å²) in [6, 6.07) is 8.34. The van der Waals surface area contributed by atoms with Gasteiger partial charge < -0.3 is 19.7 Å². The van der Waals surface area contributed by atoms with Crippen LogP contribution in [0, 0.1) is 6.92 Å². The van der Waals surface area contributed by atoms with Crippen molar-refractivity contribution in [2.24, 2.45) is 0 Å². The summed E-state index contributed by atoms with van der Waals surface area (Å²) in [5, 5.41) is 4.06. The number of hydrogen-bond donors (Lipinski definition) is 1. The van der Waals surface area contributed by atoms with Crippen molar-refractivity contribution in [1.82, 2.24) is 9.97 Å². The van der Waals surface area contributed by atoms with Crippen molar-refractivity contribution in [3.05, 3.63) is 47.3 Å². The highest BCUT2D eigenvalue weighted by atomic mass is 127. The van der Waals surface area contributed by atoms with Gasteiger partial charge in [-0.05, 0) is 48.6 Å². The molecular weight excluding hydrogens is 533 g/mol. The molecule has 5 rings (SSSR count). The van der Waals surface area contributed by atoms with Gasteiger partial charge in [0.25, 0.3) is 5.91 Å². The van der Waals surface area contributed by atoms with Gasteiger partial charge >= 0.3 is 5.92 Å². The largest absolute Gasteiger partial charge is 0.486 e. The standard InChI is InChI=1S/C22H19F2IN4O3/c1-11-26-15-8-17-16(29(3)18(30)9-31-17)7-12(15)20(27-11)28-21(2,25)13-5-4-6-14-19(13)32-10-22(14,23)24/h4-8H,9-10H2,1-3H3,(H,26,27,28). The molecule has 0 bridgehead atoms. The molecule has 7 nitrogen and oxygen atoms in total. The van der Waals surface area contributed by atoms with Gasteiger partial charge in [0.2, 0.25) is 0 Å². The lowest BCUT2D eigenvalue weighted by atomic mass is 10.0. The molecule has 2 aliphatic heterocycles. The van der Waals surface area contributed by atoms with Gasteiger partial charge in [-0.3, -0.25) is 4.79 Å². The van der Waals surface area contributed by atoms with Gasteiger partial charge in [-0.15, -0.1) is 0 Å². The summed E-state index contributed by atoms with van der Waals surface area (Å²) < 4.78 is 38.6. The normalized spacial score (nSPS) is 18.4. The molecule has 2 aliphatic rings. The fourth-order valence-corrected chi connectivity index (χ4v) is 4.67. The highest BCUT2D eigenvalue weighted by Crippen LogP contribution is 2.48. The molecule has 1 N–H and O–H groups in total. The van der Waals surface area contributed by atoms with Crippen molar-refractivity contribution in [2.45, 2.75) is 23.3 Å². The van der Waals surface area contributed by atoms with E-state index in [1.165, 1.54) is 11.0 Å². The number of alkyl halides is 3. The Balaban J connectivity index is 1.61. The van der Waals surface area contributed by atoms with Gasteiger partial charge in [-0.25, -0.2) is 9.97 Å². The molecule has 32 heavy (non-hydrogen) atoms. The lowest BCUT2D eigenvalue weighted by Crippen LogP contribution is -2.35. The summed E-state index contributed by atoms with van der Waals surface area (Å²) in [7, 11) is 1.69. The molecule has 1 atom stereocenters. The van der Waals surface area contributed by atoms with Crippen LogP contribution in [0.2, 0.25) is 0 Å². The minimum Gasteiger partial charge on any atom is -0.486 e. The molecule has 10 heteroatoms. The van der Waals surface area contributed by atoms with Crippen molar-refractivity contribution < 1.29 is 23.0 Å². The average Bonchev–Trinajstić information content (AvgIpc) is 3.04. The highest BCUT2D eigenvalue weighted by molar-refractivity contribution is 14.1. The van der Waals surface area contributed by atoms with Crippen LogP contribution in [0.5, 0.6) is 11.5 Å². The quantitative estimate of drug-likeness (QED) is 0.293. The molecule has 2 aromatic carbocycles. The second-order valence-corrected chi connectivity index (χ2v) is 10.2. The predicted molar refractivity (Wildman–Crippen MR) is 124 cm³/mol. The number of nitrogens with one attached hydrogen (secondary N) is 1. The van der Waals surface area contributed by atoms with Gasteiger partial charge in [-0.2, -0.15) is 8.78 Å². The van der Waals surface area contributed by atoms with E-state index in [1.54, 1.807) is 38.2 Å². The average molecular weight is 552 g/mol. The maximum atomic E-state index is 14.2. The zero-order chi connectivity index (χ0) is 22.8. The first-order valence-electron chi connectivity index (χ1n) is 9.90. The number of hydrogen-bond acceptors (Lipinski definition) is 6. The van der Waals surface area contributed by atoms with Crippen molar-refractivity contribution >= 4 is 50.9 Å². The number of amides is 1. The van der Waals surface area contributed by atoms with Gasteiger partial charge in [0.15, 0.2) is 13.2 Å². The maximum absolute atomic E-state index is 14.2. The molecule has 166 valence electrons. The fraction of sp³-hybridized carbons (Fsp3) is 0.318. The number of ether oxygens (including phenoxy) is 2. The first kappa shape index (κ1) is 21.1. The Morgan fingerprint density at radius 3 is 2.81 bits per heavy atom. The van der Waals surface area contributed by atoms with Crippen LogP contribution in [-0.2, 0) is 14.3 Å². The van der Waals surface area contributed by atoms with Crippen LogP contribution in [0.1, 0.15) is 23.9 Å². The third kappa shape index (κ3) is 3.31. The Kier molecular flexibility index (Phi) is 4.70. The van der Waals surface area contributed by atoms with Crippen LogP contribution in [0.25, 0.3) is 10.9 Å². The Morgan fingerprint density at radius 2 is 2.03 bits per heavy atom. The molecule has 1 amide bonds. The van der Waals surface area contributed by atoms with Crippen LogP contribution < -0.4 is 19.7 Å². The van der Waals surface area contributed by atoms with E-state index < -0.39 is 16.1 Å². The van der Waals surface area contributed by atoms with Crippen LogP contribution in [0.3, 0.4) is 0 Å². The van der Waals surface area contributed by atoms with Crippen LogP contribution in [-0.4, -0.2) is 36.1 Å². The number of rotatable bonds is 3. The van der Waals surface area contributed by atoms with Crippen molar-refractivity contribution in [2.75, 3.05) is 30.5 Å². The Hall–Kier alpha value is -2.76. The third-order valence-corrected chi connectivity index (χ3v) is 6.49. The number of aromatic nitrogens is 2. The Bertz CT molecular complexity index is 1280. The molecule has 0 radical (unpaired) electrons. The number of halogens is 3. The summed E-state index contributed by atoms with van der Waals surface area (Å²) in [6.45, 7) is 2.94. The van der Waals surface area contributed by atoms with Gasteiger partial charge in [0, 0.05) is 24.1 Å². The van der Waals surface area contributed by atoms with Crippen molar-refractivity contribution in [3.63, 3.8) is 0 Å². The molecule has 0 spiro atoms. The number of anilines is 2. The zero-order valence-corrected chi connectivity index (χ0v) is 19.7. The van der Waals surface area contributed by atoms with E-state index >= 15 is 0 Å². The predicted octanol–water partition coefficient (Wildman–Crippen LogP) is 4.50. The number of fused-ring (bicyclic) bond motifs is 3. The first-order valence-corrected chi connectivity index (χ1v) is 11.0. The second kappa shape index (κ2) is 7.12. The lowest BCUT2D eigenvalue weighted by molar-refractivity contribution is -0.120. The topological polar surface area (TPSA) is 76.6 Å². The van der Waals surface area contributed by atoms with Crippen LogP contribution >= 0.6 is 22.6 Å². The smallest absolute Gasteiger partial charge is 0.310 e. The molecule has 0 saturated carbocycles. The summed E-state index contributed by atoms with van der Waals surface area (Å²) >= 11 is 2.16. The highest BCUT2D eigenvalue weighted by Gasteiger charge is 2.44. The minimum absolute atomic E-state index is 0.0280. The Morgan fingerprint density at radius 1 is 1.25 bits per heavy atom. The fourth-order valence-electron chi connectivity index (χ4n) is 3.99. The molecule has 3 aromatic rings. The van der Waals surface area contributed by atoms with E-state index in [2.05, 4.69) is 37.9 Å². The van der Waals surface area contributed by atoms with Gasteiger partial charge in [-0.1, -0.05) is 12.1 Å². The number of carbonyl (C=O) groups is 1. The summed E-state index contributed by atoms with van der Waals surface area (Å²) in [5.74, 6) is -1.37. The van der Waals surface area contributed by atoms with Crippen LogP contribution in [0.15, 0.2) is 30.3 Å². The van der Waals surface area contributed by atoms with E-state index in [9.17, 15) is 13.6 Å². The van der Waals surface area contributed by atoms with E-state index in [0.717, 1.165) is 0 Å². The lowest BCUT2D eigenvalue weighted by Gasteiger charge is -2.29. The van der Waals surface area contributed by atoms with E-state index in [-0.39, 0.29) is 23.8 Å². The Labute approximate surface area is 196 Å².